The quantitative estimate of drug-likeness (QED) is 0.569. The molecule has 0 aromatic carbocycles. The number of nitrogens with zero attached hydrogens (tertiary/aromatic N) is 3. The van der Waals surface area contributed by atoms with Crippen molar-refractivity contribution in [3.05, 3.63) is 46.8 Å². The molecule has 0 bridgehead atoms. The molecule has 0 aliphatic heterocycles. The van der Waals surface area contributed by atoms with Gasteiger partial charge >= 0.3 is 5.97 Å². The molecule has 24 heavy (non-hydrogen) atoms. The Morgan fingerprint density at radius 3 is 2.54 bits per heavy atom. The summed E-state index contributed by atoms with van der Waals surface area (Å²) in [6.45, 7) is 6.45. The molecule has 0 N–H and O–H groups in total. The van der Waals surface area contributed by atoms with Crippen LogP contribution in [0.25, 0.3) is 0 Å². The molecule has 0 aliphatic rings. The molecule has 7 heteroatoms. The Hall–Kier alpha value is -2.54. The zero-order valence-corrected chi connectivity index (χ0v) is 14.3. The average Bonchev–Trinajstić information content (AvgIpc) is 2.85. The lowest BCUT2D eigenvalue weighted by Gasteiger charge is -2.09. The molecular weight excluding hydrogens is 310 g/mol. The Kier molecular flexibility index (Phi) is 5.81. The normalized spacial score (nSPS) is 10.7. The van der Waals surface area contributed by atoms with Crippen molar-refractivity contribution in [2.75, 3.05) is 20.3 Å². The van der Waals surface area contributed by atoms with Crippen molar-refractivity contribution in [3.63, 3.8) is 0 Å². The number of ketones is 1. The number of methoxy groups -OCH3 is 1. The van der Waals surface area contributed by atoms with Crippen molar-refractivity contribution >= 4 is 11.8 Å². The van der Waals surface area contributed by atoms with Crippen molar-refractivity contribution in [1.82, 2.24) is 14.5 Å². The third-order valence-corrected chi connectivity index (χ3v) is 3.72. The summed E-state index contributed by atoms with van der Waals surface area (Å²) in [5.41, 5.74) is 3.13. The first-order chi connectivity index (χ1) is 11.4. The van der Waals surface area contributed by atoms with E-state index in [0.717, 1.165) is 11.4 Å². The second-order valence-corrected chi connectivity index (χ2v) is 5.47. The van der Waals surface area contributed by atoms with Crippen LogP contribution in [0, 0.1) is 20.8 Å². The molecule has 2 heterocycles. The number of hydrogen-bond acceptors (Lipinski definition) is 6. The third kappa shape index (κ3) is 4.05. The van der Waals surface area contributed by atoms with E-state index in [-0.39, 0.29) is 18.1 Å². The zero-order chi connectivity index (χ0) is 17.7. The molecule has 2 rings (SSSR count). The Balaban J connectivity index is 2.02. The molecule has 128 valence electrons. The Morgan fingerprint density at radius 2 is 1.92 bits per heavy atom. The van der Waals surface area contributed by atoms with Gasteiger partial charge in [-0.3, -0.25) is 9.78 Å². The van der Waals surface area contributed by atoms with E-state index in [1.807, 2.05) is 18.4 Å². The summed E-state index contributed by atoms with van der Waals surface area (Å²) in [5.74, 6) is -0.913. The van der Waals surface area contributed by atoms with Gasteiger partial charge in [0.15, 0.2) is 12.3 Å². The van der Waals surface area contributed by atoms with Crippen LogP contribution in [0.4, 0.5) is 0 Å². The van der Waals surface area contributed by atoms with Gasteiger partial charge in [-0.25, -0.2) is 9.78 Å². The number of carbonyl (C=O) groups is 2. The number of aryl methyl sites for hydroxylation is 2. The second kappa shape index (κ2) is 7.83. The molecule has 0 aliphatic carbocycles. The second-order valence-electron chi connectivity index (χ2n) is 5.47. The molecule has 7 nitrogen and oxygen atoms in total. The minimum atomic E-state index is -0.663. The van der Waals surface area contributed by atoms with Crippen LogP contribution in [0.1, 0.15) is 37.9 Å². The van der Waals surface area contributed by atoms with Crippen LogP contribution in [0.3, 0.4) is 0 Å². The smallest absolute Gasteiger partial charge is 0.358 e. The molecule has 0 radical (unpaired) electrons. The van der Waals surface area contributed by atoms with Gasteiger partial charge in [-0.15, -0.1) is 0 Å². The molecule has 2 aromatic rings. The molecule has 0 atom stereocenters. The molecule has 0 saturated heterocycles. The topological polar surface area (TPSA) is 83.3 Å². The number of hydrogen-bond donors (Lipinski definition) is 0. The van der Waals surface area contributed by atoms with Crippen LogP contribution >= 0.6 is 0 Å². The standard InChI is InChI=1S/C17H21N3O4/c1-11-8-19-15(9-18-11)17(22)24-10-16(21)14-7-12(2)20(13(14)3)5-6-23-4/h7-9H,5-6,10H2,1-4H3. The lowest BCUT2D eigenvalue weighted by molar-refractivity contribution is 0.0468. The predicted octanol–water partition coefficient (Wildman–Crippen LogP) is 1.89. The summed E-state index contributed by atoms with van der Waals surface area (Å²) in [7, 11) is 1.63. The first kappa shape index (κ1) is 17.8. The molecular formula is C17H21N3O4. The number of rotatable bonds is 7. The van der Waals surface area contributed by atoms with Gasteiger partial charge in [0.25, 0.3) is 0 Å². The Labute approximate surface area is 140 Å². The first-order valence-corrected chi connectivity index (χ1v) is 7.58. The maximum Gasteiger partial charge on any atom is 0.358 e. The van der Waals surface area contributed by atoms with Crippen molar-refractivity contribution in [3.8, 4) is 0 Å². The van der Waals surface area contributed by atoms with Crippen LogP contribution < -0.4 is 0 Å². The van der Waals surface area contributed by atoms with E-state index in [9.17, 15) is 9.59 Å². The van der Waals surface area contributed by atoms with Crippen LogP contribution in [0.15, 0.2) is 18.5 Å². The monoisotopic (exact) mass is 331 g/mol. The SMILES string of the molecule is COCCn1c(C)cc(C(=O)COC(=O)c2cnc(C)cn2)c1C. The highest BCUT2D eigenvalue weighted by Crippen LogP contribution is 2.16. The van der Waals surface area contributed by atoms with E-state index in [4.69, 9.17) is 9.47 Å². The summed E-state index contributed by atoms with van der Waals surface area (Å²) in [6.07, 6.45) is 2.81. The maximum atomic E-state index is 12.3. The minimum Gasteiger partial charge on any atom is -0.453 e. The van der Waals surface area contributed by atoms with E-state index >= 15 is 0 Å². The van der Waals surface area contributed by atoms with E-state index < -0.39 is 5.97 Å². The van der Waals surface area contributed by atoms with Crippen LogP contribution in [0.2, 0.25) is 0 Å². The largest absolute Gasteiger partial charge is 0.453 e. The molecule has 0 saturated carbocycles. The molecule has 0 fully saturated rings. The number of carbonyl (C=O) groups excluding carboxylic acids is 2. The van der Waals surface area contributed by atoms with Gasteiger partial charge in [0.2, 0.25) is 5.78 Å². The van der Waals surface area contributed by atoms with Gasteiger partial charge in [-0.1, -0.05) is 0 Å². The van der Waals surface area contributed by atoms with Gasteiger partial charge in [-0.05, 0) is 26.8 Å². The van der Waals surface area contributed by atoms with Gasteiger partial charge in [0.05, 0.1) is 18.5 Å². The highest BCUT2D eigenvalue weighted by atomic mass is 16.5. The Bertz CT molecular complexity index is 735. The molecule has 2 aromatic heterocycles. The van der Waals surface area contributed by atoms with Crippen molar-refractivity contribution in [2.45, 2.75) is 27.3 Å². The summed E-state index contributed by atoms with van der Waals surface area (Å²) in [4.78, 5) is 32.1. The van der Waals surface area contributed by atoms with Gasteiger partial charge in [0.1, 0.15) is 0 Å². The fraction of sp³-hybridized carbons (Fsp3) is 0.412. The summed E-state index contributed by atoms with van der Waals surface area (Å²) in [6, 6.07) is 1.80. The van der Waals surface area contributed by atoms with Gasteiger partial charge < -0.3 is 14.0 Å². The van der Waals surface area contributed by atoms with Crippen molar-refractivity contribution in [2.24, 2.45) is 0 Å². The average molecular weight is 331 g/mol. The summed E-state index contributed by atoms with van der Waals surface area (Å²) >= 11 is 0. The molecule has 0 amide bonds. The lowest BCUT2D eigenvalue weighted by atomic mass is 10.1. The number of esters is 1. The first-order valence-electron chi connectivity index (χ1n) is 7.58. The maximum absolute atomic E-state index is 12.3. The van der Waals surface area contributed by atoms with Crippen molar-refractivity contribution in [1.29, 1.82) is 0 Å². The summed E-state index contributed by atoms with van der Waals surface area (Å²) < 4.78 is 12.1. The van der Waals surface area contributed by atoms with E-state index in [1.54, 1.807) is 20.1 Å². The molecule has 0 unspecified atom stereocenters. The number of aromatic nitrogens is 3. The fourth-order valence-electron chi connectivity index (χ4n) is 2.39. The van der Waals surface area contributed by atoms with Crippen molar-refractivity contribution < 1.29 is 19.1 Å². The molecule has 0 spiro atoms. The highest BCUT2D eigenvalue weighted by molar-refractivity contribution is 6.00. The highest BCUT2D eigenvalue weighted by Gasteiger charge is 2.18. The van der Waals surface area contributed by atoms with Gasteiger partial charge in [-0.2, -0.15) is 0 Å². The minimum absolute atomic E-state index is 0.0824. The van der Waals surface area contributed by atoms with E-state index in [2.05, 4.69) is 9.97 Å². The van der Waals surface area contributed by atoms with Crippen LogP contribution in [0.5, 0.6) is 0 Å². The van der Waals surface area contributed by atoms with E-state index in [1.165, 1.54) is 12.4 Å². The summed E-state index contributed by atoms with van der Waals surface area (Å²) in [5, 5.41) is 0. The lowest BCUT2D eigenvalue weighted by Crippen LogP contribution is -2.16. The number of ether oxygens (including phenoxy) is 2. The van der Waals surface area contributed by atoms with Crippen LogP contribution in [-0.4, -0.2) is 46.6 Å². The predicted molar refractivity (Wildman–Crippen MR) is 87.2 cm³/mol. The third-order valence-electron chi connectivity index (χ3n) is 3.72. The van der Waals surface area contributed by atoms with E-state index in [0.29, 0.717) is 24.4 Å². The zero-order valence-electron chi connectivity index (χ0n) is 14.3. The number of Topliss-reactive ketones (excluding diaryl/α,β-unsaturated/α-hetero) is 1. The van der Waals surface area contributed by atoms with Crippen LogP contribution in [-0.2, 0) is 16.0 Å². The fourth-order valence-corrected chi connectivity index (χ4v) is 2.39. The van der Waals surface area contributed by atoms with Gasteiger partial charge in [0, 0.05) is 36.8 Å². The Morgan fingerprint density at radius 1 is 1.17 bits per heavy atom.